The first-order valence-corrected chi connectivity index (χ1v) is 9.32. The van der Waals surface area contributed by atoms with Gasteiger partial charge in [-0.15, -0.1) is 0 Å². The second-order valence-corrected chi connectivity index (χ2v) is 6.56. The molecule has 1 aromatic heterocycles. The molecule has 0 fully saturated rings. The Bertz CT molecular complexity index is 1040. The molecule has 0 aliphatic rings. The number of nitrogens with one attached hydrogen (secondary N) is 2. The Morgan fingerprint density at radius 3 is 2.21 bits per heavy atom. The monoisotopic (exact) mass is 390 g/mol. The number of aromatic nitrogens is 2. The standard InChI is InChI=1S/C22H22N4O3/c1-16(27)23-18-9-11-19(12-10-18)24-21(28)8-5-15-26-22(29)14-13-20(25-26)17-6-3-2-4-7-17/h2-4,6-7,9-14H,5,8,15H2,1H3,(H,23,27)(H,24,28). The fraction of sp³-hybridized carbons (Fsp3) is 0.182. The first kappa shape index (κ1) is 20.0. The van der Waals surface area contributed by atoms with Crippen LogP contribution in [0.4, 0.5) is 11.4 Å². The molecule has 7 nitrogen and oxygen atoms in total. The zero-order chi connectivity index (χ0) is 20.6. The van der Waals surface area contributed by atoms with E-state index in [4.69, 9.17) is 0 Å². The highest BCUT2D eigenvalue weighted by molar-refractivity contribution is 5.92. The summed E-state index contributed by atoms with van der Waals surface area (Å²) in [5, 5.41) is 9.86. The van der Waals surface area contributed by atoms with E-state index in [-0.39, 0.29) is 23.8 Å². The molecule has 0 unspecified atom stereocenters. The van der Waals surface area contributed by atoms with Gasteiger partial charge in [0.25, 0.3) is 5.56 Å². The summed E-state index contributed by atoms with van der Waals surface area (Å²) >= 11 is 0. The van der Waals surface area contributed by atoms with Crippen LogP contribution in [0.5, 0.6) is 0 Å². The largest absolute Gasteiger partial charge is 0.326 e. The van der Waals surface area contributed by atoms with Gasteiger partial charge in [-0.05, 0) is 36.8 Å². The molecule has 0 saturated heterocycles. The minimum Gasteiger partial charge on any atom is -0.326 e. The van der Waals surface area contributed by atoms with Crippen molar-refractivity contribution in [2.24, 2.45) is 0 Å². The van der Waals surface area contributed by atoms with Gasteiger partial charge >= 0.3 is 0 Å². The third kappa shape index (κ3) is 5.87. The summed E-state index contributed by atoms with van der Waals surface area (Å²) in [5.41, 5.74) is 2.76. The van der Waals surface area contributed by atoms with Crippen LogP contribution in [0.1, 0.15) is 19.8 Å². The van der Waals surface area contributed by atoms with Crippen LogP contribution >= 0.6 is 0 Å². The van der Waals surface area contributed by atoms with Crippen molar-refractivity contribution in [3.63, 3.8) is 0 Å². The van der Waals surface area contributed by atoms with E-state index < -0.39 is 0 Å². The minimum atomic E-state index is -0.196. The number of rotatable bonds is 7. The van der Waals surface area contributed by atoms with Crippen molar-refractivity contribution in [3.8, 4) is 11.3 Å². The second kappa shape index (κ2) is 9.45. The zero-order valence-corrected chi connectivity index (χ0v) is 16.1. The van der Waals surface area contributed by atoms with Gasteiger partial charge in [0.1, 0.15) is 0 Å². The lowest BCUT2D eigenvalue weighted by Gasteiger charge is -2.09. The highest BCUT2D eigenvalue weighted by Crippen LogP contribution is 2.15. The van der Waals surface area contributed by atoms with Gasteiger partial charge in [-0.2, -0.15) is 5.10 Å². The van der Waals surface area contributed by atoms with Crippen LogP contribution in [0.2, 0.25) is 0 Å². The van der Waals surface area contributed by atoms with E-state index in [1.807, 2.05) is 30.3 Å². The predicted octanol–water partition coefficient (Wildman–Crippen LogP) is 3.29. The molecule has 0 radical (unpaired) electrons. The Balaban J connectivity index is 1.54. The molecule has 0 saturated carbocycles. The van der Waals surface area contributed by atoms with E-state index in [1.165, 1.54) is 17.7 Å². The Labute approximate surface area is 168 Å². The maximum absolute atomic E-state index is 12.2. The molecular weight excluding hydrogens is 368 g/mol. The van der Waals surface area contributed by atoms with Gasteiger partial charge in [0, 0.05) is 42.9 Å². The lowest BCUT2D eigenvalue weighted by Crippen LogP contribution is -2.23. The van der Waals surface area contributed by atoms with Crippen LogP contribution in [-0.2, 0) is 16.1 Å². The number of amides is 2. The number of anilines is 2. The minimum absolute atomic E-state index is 0.149. The topological polar surface area (TPSA) is 93.1 Å². The first-order chi connectivity index (χ1) is 14.0. The lowest BCUT2D eigenvalue weighted by molar-refractivity contribution is -0.116. The van der Waals surface area contributed by atoms with Gasteiger partial charge in [0.15, 0.2) is 0 Å². The average molecular weight is 390 g/mol. The van der Waals surface area contributed by atoms with Gasteiger partial charge in [0.2, 0.25) is 11.8 Å². The average Bonchev–Trinajstić information content (AvgIpc) is 2.71. The maximum Gasteiger partial charge on any atom is 0.266 e. The molecule has 29 heavy (non-hydrogen) atoms. The van der Waals surface area contributed by atoms with Crippen molar-refractivity contribution in [2.45, 2.75) is 26.3 Å². The molecule has 3 aromatic rings. The normalized spacial score (nSPS) is 10.4. The quantitative estimate of drug-likeness (QED) is 0.647. The van der Waals surface area contributed by atoms with E-state index in [9.17, 15) is 14.4 Å². The van der Waals surface area contributed by atoms with E-state index in [0.717, 1.165) is 5.56 Å². The SMILES string of the molecule is CC(=O)Nc1ccc(NC(=O)CCCn2nc(-c3ccccc3)ccc2=O)cc1. The van der Waals surface area contributed by atoms with E-state index in [0.29, 0.717) is 30.0 Å². The summed E-state index contributed by atoms with van der Waals surface area (Å²) in [7, 11) is 0. The number of carbonyl (C=O) groups is 2. The Morgan fingerprint density at radius 2 is 1.55 bits per heavy atom. The maximum atomic E-state index is 12.2. The summed E-state index contributed by atoms with van der Waals surface area (Å²) in [4.78, 5) is 35.2. The number of hydrogen-bond donors (Lipinski definition) is 2. The van der Waals surface area contributed by atoms with Crippen LogP contribution < -0.4 is 16.2 Å². The molecule has 1 heterocycles. The molecule has 0 bridgehead atoms. The van der Waals surface area contributed by atoms with Crippen molar-refractivity contribution in [1.29, 1.82) is 0 Å². The lowest BCUT2D eigenvalue weighted by atomic mass is 10.1. The molecule has 0 aliphatic heterocycles. The molecule has 7 heteroatoms. The molecular formula is C22H22N4O3. The molecule has 2 N–H and O–H groups in total. The summed E-state index contributed by atoms with van der Waals surface area (Å²) in [6, 6.07) is 19.7. The van der Waals surface area contributed by atoms with Crippen molar-refractivity contribution < 1.29 is 9.59 Å². The second-order valence-electron chi connectivity index (χ2n) is 6.56. The van der Waals surface area contributed by atoms with Crippen LogP contribution in [-0.4, -0.2) is 21.6 Å². The van der Waals surface area contributed by atoms with Gasteiger partial charge in [-0.25, -0.2) is 4.68 Å². The van der Waals surface area contributed by atoms with Crippen LogP contribution in [0.25, 0.3) is 11.3 Å². The van der Waals surface area contributed by atoms with E-state index in [2.05, 4.69) is 15.7 Å². The Hall–Kier alpha value is -3.74. The number of carbonyl (C=O) groups excluding carboxylic acids is 2. The summed E-state index contributed by atoms with van der Waals surface area (Å²) < 4.78 is 1.39. The number of hydrogen-bond acceptors (Lipinski definition) is 4. The fourth-order valence-electron chi connectivity index (χ4n) is 2.83. The number of nitrogens with zero attached hydrogens (tertiary/aromatic N) is 2. The first-order valence-electron chi connectivity index (χ1n) is 9.32. The van der Waals surface area contributed by atoms with Crippen LogP contribution in [0.15, 0.2) is 71.5 Å². The highest BCUT2D eigenvalue weighted by atomic mass is 16.2. The van der Waals surface area contributed by atoms with Crippen LogP contribution in [0.3, 0.4) is 0 Å². The third-order valence-corrected chi connectivity index (χ3v) is 4.20. The van der Waals surface area contributed by atoms with Crippen molar-refractivity contribution in [3.05, 3.63) is 77.1 Å². The zero-order valence-electron chi connectivity index (χ0n) is 16.1. The highest BCUT2D eigenvalue weighted by Gasteiger charge is 2.06. The van der Waals surface area contributed by atoms with Gasteiger partial charge in [-0.3, -0.25) is 14.4 Å². The summed E-state index contributed by atoms with van der Waals surface area (Å²) in [6.07, 6.45) is 0.748. The Morgan fingerprint density at radius 1 is 0.897 bits per heavy atom. The van der Waals surface area contributed by atoms with E-state index in [1.54, 1.807) is 30.3 Å². The van der Waals surface area contributed by atoms with Gasteiger partial charge < -0.3 is 10.6 Å². The van der Waals surface area contributed by atoms with Gasteiger partial charge in [0.05, 0.1) is 5.69 Å². The van der Waals surface area contributed by atoms with Crippen molar-refractivity contribution in [1.82, 2.24) is 9.78 Å². The fourth-order valence-corrected chi connectivity index (χ4v) is 2.83. The molecule has 0 atom stereocenters. The molecule has 0 spiro atoms. The van der Waals surface area contributed by atoms with E-state index >= 15 is 0 Å². The number of aryl methyl sites for hydroxylation is 1. The molecule has 0 aliphatic carbocycles. The van der Waals surface area contributed by atoms with Crippen molar-refractivity contribution in [2.75, 3.05) is 10.6 Å². The van der Waals surface area contributed by atoms with Gasteiger partial charge in [-0.1, -0.05) is 30.3 Å². The molecule has 148 valence electrons. The molecule has 2 aromatic carbocycles. The van der Waals surface area contributed by atoms with Crippen LogP contribution in [0, 0.1) is 0 Å². The smallest absolute Gasteiger partial charge is 0.266 e. The summed E-state index contributed by atoms with van der Waals surface area (Å²) in [5.74, 6) is -0.300. The molecule has 3 rings (SSSR count). The van der Waals surface area contributed by atoms with Crippen molar-refractivity contribution >= 4 is 23.2 Å². The Kier molecular flexibility index (Phi) is 6.52. The number of benzene rings is 2. The predicted molar refractivity (Wildman–Crippen MR) is 113 cm³/mol. The third-order valence-electron chi connectivity index (χ3n) is 4.20. The summed E-state index contributed by atoms with van der Waals surface area (Å²) in [6.45, 7) is 1.79. The molecule has 2 amide bonds.